The summed E-state index contributed by atoms with van der Waals surface area (Å²) in [5.74, 6) is -2.18. The molecule has 1 N–H and O–H groups in total. The Morgan fingerprint density at radius 3 is 2.47 bits per heavy atom. The summed E-state index contributed by atoms with van der Waals surface area (Å²) in [6, 6.07) is 8.98. The highest BCUT2D eigenvalue weighted by atomic mass is 16.4. The average Bonchev–Trinajstić information content (AvgIpc) is 2.40. The van der Waals surface area contributed by atoms with E-state index in [2.05, 4.69) is 0 Å². The van der Waals surface area contributed by atoms with Gasteiger partial charge in [-0.05, 0) is 6.07 Å². The van der Waals surface area contributed by atoms with Gasteiger partial charge in [0.25, 0.3) is 0 Å². The van der Waals surface area contributed by atoms with E-state index in [1.807, 2.05) is 6.07 Å². The molecule has 1 heterocycles. The maximum absolute atomic E-state index is 12.0. The van der Waals surface area contributed by atoms with E-state index in [0.717, 1.165) is 12.1 Å². The third-order valence-electron chi connectivity index (χ3n) is 2.64. The van der Waals surface area contributed by atoms with Crippen LogP contribution in [0.2, 0.25) is 0 Å². The van der Waals surface area contributed by atoms with E-state index >= 15 is 0 Å². The van der Waals surface area contributed by atoms with Crippen molar-refractivity contribution in [1.29, 1.82) is 0 Å². The normalized spacial score (nSPS) is 10.1. The fourth-order valence-corrected chi connectivity index (χ4v) is 1.67. The smallest absolute Gasteiger partial charge is 0.335 e. The van der Waals surface area contributed by atoms with Gasteiger partial charge in [-0.2, -0.15) is 4.57 Å². The first-order valence-corrected chi connectivity index (χ1v) is 5.59. The summed E-state index contributed by atoms with van der Waals surface area (Å²) >= 11 is 0. The van der Waals surface area contributed by atoms with Crippen molar-refractivity contribution in [2.24, 2.45) is 0 Å². The molecule has 1 aromatic carbocycles. The molecule has 0 bridgehead atoms. The lowest BCUT2D eigenvalue weighted by Crippen LogP contribution is -2.36. The number of rotatable bonds is 4. The summed E-state index contributed by atoms with van der Waals surface area (Å²) < 4.78 is 1.67. The zero-order chi connectivity index (χ0) is 13.8. The Bertz CT molecular complexity index is 623. The molecule has 0 atom stereocenters. The molecule has 0 aliphatic carbocycles. The van der Waals surface area contributed by atoms with Crippen LogP contribution in [0, 0.1) is 0 Å². The van der Waals surface area contributed by atoms with Gasteiger partial charge in [0.2, 0.25) is 12.3 Å². The molecule has 5 nitrogen and oxygen atoms in total. The fraction of sp³-hybridized carbons (Fsp3) is 0.0714. The predicted octanol–water partition coefficient (Wildman–Crippen LogP) is 0.629. The fourth-order valence-electron chi connectivity index (χ4n) is 1.67. The average molecular weight is 257 g/mol. The monoisotopic (exact) mass is 257 g/mol. The molecule has 0 fully saturated rings. The number of carbonyl (C=O) groups excluding carboxylic acids is 1. The number of nitrogens with zero attached hydrogens (tertiary/aromatic N) is 1. The Hall–Kier alpha value is -2.69. The lowest BCUT2D eigenvalue weighted by Gasteiger charge is -2.10. The van der Waals surface area contributed by atoms with Crippen molar-refractivity contribution in [3.8, 4) is 5.75 Å². The minimum Gasteiger partial charge on any atom is -0.872 e. The minimum absolute atomic E-state index is 0.0953. The highest BCUT2D eigenvalue weighted by Gasteiger charge is 2.14. The number of Topliss-reactive ketones (excluding diaryl/α,β-unsaturated/α-hetero) is 1. The van der Waals surface area contributed by atoms with Crippen LogP contribution < -0.4 is 9.67 Å². The van der Waals surface area contributed by atoms with Crippen LogP contribution in [-0.2, 0) is 6.54 Å². The molecule has 96 valence electrons. The third kappa shape index (κ3) is 2.95. The van der Waals surface area contributed by atoms with Gasteiger partial charge in [0.15, 0.2) is 12.4 Å². The number of carbonyl (C=O) groups is 2. The molecule has 0 unspecified atom stereocenters. The summed E-state index contributed by atoms with van der Waals surface area (Å²) in [5.41, 5.74) is -0.169. The molecule has 0 aliphatic rings. The largest absolute Gasteiger partial charge is 0.872 e. The van der Waals surface area contributed by atoms with Crippen LogP contribution >= 0.6 is 0 Å². The molecule has 0 spiro atoms. The van der Waals surface area contributed by atoms with Crippen LogP contribution in [0.5, 0.6) is 5.75 Å². The van der Waals surface area contributed by atoms with E-state index in [1.54, 1.807) is 29.1 Å². The molecule has 2 rings (SSSR count). The van der Waals surface area contributed by atoms with Crippen molar-refractivity contribution in [2.45, 2.75) is 6.54 Å². The molecule has 5 heteroatoms. The first-order valence-electron chi connectivity index (χ1n) is 5.59. The molecule has 2 aromatic rings. The summed E-state index contributed by atoms with van der Waals surface area (Å²) in [4.78, 5) is 22.8. The van der Waals surface area contributed by atoms with Crippen LogP contribution in [0.3, 0.4) is 0 Å². The molecule has 0 saturated carbocycles. The topological polar surface area (TPSA) is 81.3 Å². The maximum atomic E-state index is 12.0. The van der Waals surface area contributed by atoms with Gasteiger partial charge < -0.3 is 10.2 Å². The van der Waals surface area contributed by atoms with E-state index in [0.29, 0.717) is 0 Å². The second-order valence-corrected chi connectivity index (χ2v) is 3.99. The van der Waals surface area contributed by atoms with Crippen molar-refractivity contribution < 1.29 is 24.4 Å². The molecule has 0 saturated heterocycles. The van der Waals surface area contributed by atoms with Crippen LogP contribution in [0.4, 0.5) is 0 Å². The second-order valence-electron chi connectivity index (χ2n) is 3.99. The van der Waals surface area contributed by atoms with Crippen molar-refractivity contribution in [3.05, 3.63) is 59.9 Å². The molecular formula is C14H11NO4. The van der Waals surface area contributed by atoms with E-state index < -0.39 is 11.7 Å². The maximum Gasteiger partial charge on any atom is 0.335 e. The molecule has 0 radical (unpaired) electrons. The van der Waals surface area contributed by atoms with Gasteiger partial charge in [-0.1, -0.05) is 23.9 Å². The predicted molar refractivity (Wildman–Crippen MR) is 63.8 cm³/mol. The Kier molecular flexibility index (Phi) is 3.56. The summed E-state index contributed by atoms with van der Waals surface area (Å²) in [5, 5.41) is 20.1. The van der Waals surface area contributed by atoms with Crippen molar-refractivity contribution in [2.75, 3.05) is 0 Å². The number of ketones is 1. The first kappa shape index (κ1) is 12.8. The van der Waals surface area contributed by atoms with Crippen LogP contribution in [0.25, 0.3) is 0 Å². The van der Waals surface area contributed by atoms with Crippen LogP contribution in [-0.4, -0.2) is 16.9 Å². The van der Waals surface area contributed by atoms with Crippen molar-refractivity contribution >= 4 is 11.8 Å². The summed E-state index contributed by atoms with van der Waals surface area (Å²) in [6.45, 7) is 0.0953. The number of benzene rings is 1. The highest BCUT2D eigenvalue weighted by molar-refractivity contribution is 5.99. The Morgan fingerprint density at radius 2 is 1.84 bits per heavy atom. The molecule has 0 amide bonds. The number of aromatic nitrogens is 1. The Morgan fingerprint density at radius 1 is 1.16 bits per heavy atom. The van der Waals surface area contributed by atoms with Gasteiger partial charge in [0.05, 0.1) is 5.56 Å². The van der Waals surface area contributed by atoms with Gasteiger partial charge >= 0.3 is 5.97 Å². The van der Waals surface area contributed by atoms with Crippen molar-refractivity contribution in [3.63, 3.8) is 0 Å². The lowest BCUT2D eigenvalue weighted by atomic mass is 10.1. The number of carboxylic acids is 1. The standard InChI is InChI=1S/C14H11NO4/c16-12-5-4-10(8-11(12)14(18)19)13(17)9-15-6-2-1-3-7-15/h1-8H,9H2,(H-,16,17,18,19). The minimum atomic E-state index is -1.33. The zero-order valence-corrected chi connectivity index (χ0v) is 9.95. The second kappa shape index (κ2) is 5.30. The van der Waals surface area contributed by atoms with Gasteiger partial charge in [-0.25, -0.2) is 4.79 Å². The number of hydrogen-bond donors (Lipinski definition) is 1. The highest BCUT2D eigenvalue weighted by Crippen LogP contribution is 2.16. The van der Waals surface area contributed by atoms with E-state index in [9.17, 15) is 14.7 Å². The van der Waals surface area contributed by atoms with E-state index in [4.69, 9.17) is 5.11 Å². The number of carboxylic acid groups (broad SMARTS) is 1. The van der Waals surface area contributed by atoms with E-state index in [1.165, 1.54) is 6.07 Å². The molecular weight excluding hydrogens is 246 g/mol. The van der Waals surface area contributed by atoms with Crippen LogP contribution in [0.15, 0.2) is 48.8 Å². The Labute approximate surface area is 109 Å². The Balaban J connectivity index is 2.25. The zero-order valence-electron chi connectivity index (χ0n) is 9.95. The lowest BCUT2D eigenvalue weighted by molar-refractivity contribution is -0.683. The number of hydrogen-bond acceptors (Lipinski definition) is 3. The third-order valence-corrected chi connectivity index (χ3v) is 2.64. The van der Waals surface area contributed by atoms with Gasteiger partial charge in [-0.3, -0.25) is 4.79 Å². The van der Waals surface area contributed by atoms with E-state index in [-0.39, 0.29) is 23.5 Å². The molecule has 1 aromatic heterocycles. The van der Waals surface area contributed by atoms with Crippen LogP contribution in [0.1, 0.15) is 20.7 Å². The quantitative estimate of drug-likeness (QED) is 0.643. The summed E-state index contributed by atoms with van der Waals surface area (Å²) in [7, 11) is 0. The van der Waals surface area contributed by atoms with Gasteiger partial charge in [0, 0.05) is 17.7 Å². The SMILES string of the molecule is O=C(C[n+]1ccccc1)c1ccc([O-])c(C(=O)O)c1. The van der Waals surface area contributed by atoms with Gasteiger partial charge in [0.1, 0.15) is 0 Å². The van der Waals surface area contributed by atoms with Gasteiger partial charge in [-0.15, -0.1) is 0 Å². The summed E-state index contributed by atoms with van der Waals surface area (Å²) in [6.07, 6.45) is 3.47. The first-order chi connectivity index (χ1) is 9.08. The number of pyridine rings is 1. The number of aromatic carboxylic acids is 1. The molecule has 0 aliphatic heterocycles. The van der Waals surface area contributed by atoms with Crippen molar-refractivity contribution in [1.82, 2.24) is 0 Å². The molecule has 19 heavy (non-hydrogen) atoms.